The molecule has 2 aromatic rings. The van der Waals surface area contributed by atoms with Crippen molar-refractivity contribution < 1.29 is 29.0 Å². The molecule has 0 amide bonds. The number of aryl methyl sites for hydroxylation is 1. The number of hydrogen-bond acceptors (Lipinski definition) is 8. The predicted octanol–water partition coefficient (Wildman–Crippen LogP) is 2.52. The highest BCUT2D eigenvalue weighted by molar-refractivity contribution is 6.06. The average Bonchev–Trinajstić information content (AvgIpc) is 2.83. The van der Waals surface area contributed by atoms with E-state index in [1.54, 1.807) is 55.5 Å². The Kier molecular flexibility index (Phi) is 7.02. The molecule has 34 heavy (non-hydrogen) atoms. The minimum absolute atomic E-state index is 0.0477. The third kappa shape index (κ3) is 4.34. The van der Waals surface area contributed by atoms with Crippen LogP contribution in [0.5, 0.6) is 0 Å². The van der Waals surface area contributed by atoms with Crippen LogP contribution in [0.3, 0.4) is 0 Å². The first-order valence-electron chi connectivity index (χ1n) is 10.2. The van der Waals surface area contributed by atoms with Gasteiger partial charge in [0.2, 0.25) is 0 Å². The zero-order valence-electron chi connectivity index (χ0n) is 18.9. The van der Waals surface area contributed by atoms with E-state index >= 15 is 0 Å². The number of hydrogen-bond donors (Lipinski definition) is 2. The molecule has 0 saturated carbocycles. The highest BCUT2D eigenvalue weighted by Crippen LogP contribution is 2.43. The quantitative estimate of drug-likeness (QED) is 0.620. The number of nitriles is 1. The fourth-order valence-electron chi connectivity index (χ4n) is 3.96. The van der Waals surface area contributed by atoms with Gasteiger partial charge in [-0.05, 0) is 35.7 Å². The number of carbonyl (C=O) groups excluding carboxylic acids is 2. The van der Waals surface area contributed by atoms with E-state index in [9.17, 15) is 19.6 Å². The summed E-state index contributed by atoms with van der Waals surface area (Å²) in [5, 5.41) is 19.2. The van der Waals surface area contributed by atoms with Crippen molar-refractivity contribution >= 4 is 23.6 Å². The average molecular weight is 461 g/mol. The van der Waals surface area contributed by atoms with Gasteiger partial charge in [0.25, 0.3) is 0 Å². The van der Waals surface area contributed by atoms with E-state index in [1.807, 2.05) is 0 Å². The number of esters is 2. The molecular weight excluding hydrogens is 438 g/mol. The van der Waals surface area contributed by atoms with Crippen LogP contribution in [0.15, 0.2) is 71.2 Å². The molecule has 0 aromatic heterocycles. The van der Waals surface area contributed by atoms with E-state index in [-0.39, 0.29) is 29.1 Å². The molecule has 174 valence electrons. The fraction of sp³-hybridized carbons (Fsp3) is 0.200. The van der Waals surface area contributed by atoms with E-state index in [2.05, 4.69) is 6.07 Å². The molecule has 0 spiro atoms. The predicted molar refractivity (Wildman–Crippen MR) is 122 cm³/mol. The van der Waals surface area contributed by atoms with Gasteiger partial charge < -0.3 is 20.3 Å². The van der Waals surface area contributed by atoms with Gasteiger partial charge in [0.05, 0.1) is 43.8 Å². The maximum Gasteiger partial charge on any atom is 0.355 e. The van der Waals surface area contributed by atoms with Crippen LogP contribution >= 0.6 is 0 Å². The standard InChI is InChI=1S/C25H23N3O6/c1-14-11-17(10-9-16(14)12-19(29)30)28-22(25(32)34-3)21(24(31)33-2)20(18(13-26)23(28)27)15-7-5-4-6-8-15/h4-11,20H,12,27H2,1-3H3,(H,29,30). The van der Waals surface area contributed by atoms with E-state index < -0.39 is 23.8 Å². The Bertz CT molecular complexity index is 1260. The second-order valence-electron chi connectivity index (χ2n) is 7.52. The molecule has 1 atom stereocenters. The van der Waals surface area contributed by atoms with Gasteiger partial charge in [0.15, 0.2) is 0 Å². The van der Waals surface area contributed by atoms with Crippen molar-refractivity contribution in [2.75, 3.05) is 19.1 Å². The largest absolute Gasteiger partial charge is 0.481 e. The lowest BCUT2D eigenvalue weighted by atomic mass is 9.81. The normalized spacial score (nSPS) is 15.6. The van der Waals surface area contributed by atoms with Crippen LogP contribution < -0.4 is 10.6 Å². The SMILES string of the molecule is COC(=O)C1=C(C(=O)OC)N(c2ccc(CC(=O)O)c(C)c2)C(N)=C(C#N)C1c1ccccc1. The molecule has 9 nitrogen and oxygen atoms in total. The molecule has 0 radical (unpaired) electrons. The summed E-state index contributed by atoms with van der Waals surface area (Å²) < 4.78 is 9.99. The van der Waals surface area contributed by atoms with Gasteiger partial charge in [-0.1, -0.05) is 36.4 Å². The zero-order valence-corrected chi connectivity index (χ0v) is 18.9. The molecule has 0 saturated heterocycles. The molecule has 3 N–H and O–H groups in total. The Morgan fingerprint density at radius 2 is 1.74 bits per heavy atom. The van der Waals surface area contributed by atoms with Crippen LogP contribution in [0.4, 0.5) is 5.69 Å². The third-order valence-electron chi connectivity index (χ3n) is 5.54. The van der Waals surface area contributed by atoms with E-state index in [1.165, 1.54) is 19.1 Å². The zero-order chi connectivity index (χ0) is 25.0. The van der Waals surface area contributed by atoms with Crippen LogP contribution in [0.2, 0.25) is 0 Å². The second-order valence-corrected chi connectivity index (χ2v) is 7.52. The molecule has 0 bridgehead atoms. The van der Waals surface area contributed by atoms with Gasteiger partial charge in [0.1, 0.15) is 11.5 Å². The summed E-state index contributed by atoms with van der Waals surface area (Å²) in [6.45, 7) is 1.71. The lowest BCUT2D eigenvalue weighted by molar-refractivity contribution is -0.139. The first-order chi connectivity index (χ1) is 16.2. The monoisotopic (exact) mass is 461 g/mol. The summed E-state index contributed by atoms with van der Waals surface area (Å²) in [5.41, 5.74) is 8.31. The number of carboxylic acid groups (broad SMARTS) is 1. The number of anilines is 1. The molecule has 2 aromatic carbocycles. The first-order valence-corrected chi connectivity index (χ1v) is 10.2. The van der Waals surface area contributed by atoms with Crippen LogP contribution in [-0.2, 0) is 30.3 Å². The maximum atomic E-state index is 13.0. The Balaban J connectivity index is 2.35. The molecule has 3 rings (SSSR count). The number of carbonyl (C=O) groups is 3. The Morgan fingerprint density at radius 3 is 2.26 bits per heavy atom. The van der Waals surface area contributed by atoms with E-state index in [0.29, 0.717) is 22.4 Å². The smallest absolute Gasteiger partial charge is 0.355 e. The lowest BCUT2D eigenvalue weighted by Crippen LogP contribution is -2.40. The maximum absolute atomic E-state index is 13.0. The molecule has 1 unspecified atom stereocenters. The van der Waals surface area contributed by atoms with Crippen molar-refractivity contribution in [2.45, 2.75) is 19.3 Å². The number of benzene rings is 2. The number of ether oxygens (including phenoxy) is 2. The molecular formula is C25H23N3O6. The Labute approximate surface area is 196 Å². The van der Waals surface area contributed by atoms with Gasteiger partial charge in [-0.3, -0.25) is 9.69 Å². The van der Waals surface area contributed by atoms with Crippen molar-refractivity contribution in [2.24, 2.45) is 5.73 Å². The molecule has 9 heteroatoms. The number of methoxy groups -OCH3 is 2. The van der Waals surface area contributed by atoms with Crippen molar-refractivity contribution in [3.8, 4) is 6.07 Å². The van der Waals surface area contributed by atoms with Gasteiger partial charge in [-0.25, -0.2) is 9.59 Å². The summed E-state index contributed by atoms with van der Waals surface area (Å²) in [4.78, 5) is 38.5. The van der Waals surface area contributed by atoms with Crippen molar-refractivity contribution in [1.29, 1.82) is 5.26 Å². The van der Waals surface area contributed by atoms with Crippen LogP contribution in [0, 0.1) is 18.3 Å². The van der Waals surface area contributed by atoms with Gasteiger partial charge in [-0.15, -0.1) is 0 Å². The number of aliphatic carboxylic acids is 1. The second kappa shape index (κ2) is 9.92. The molecule has 1 aliphatic rings. The number of carboxylic acids is 1. The van der Waals surface area contributed by atoms with Crippen LogP contribution in [-0.4, -0.2) is 37.2 Å². The lowest BCUT2D eigenvalue weighted by Gasteiger charge is -2.36. The van der Waals surface area contributed by atoms with Gasteiger partial charge >= 0.3 is 17.9 Å². The number of rotatable bonds is 6. The summed E-state index contributed by atoms with van der Waals surface area (Å²) in [7, 11) is 2.34. The number of nitrogens with two attached hydrogens (primary N) is 1. The van der Waals surface area contributed by atoms with Crippen molar-refractivity contribution in [3.05, 3.63) is 87.9 Å². The number of allylic oxidation sites excluding steroid dienone is 1. The summed E-state index contributed by atoms with van der Waals surface area (Å²) in [6.07, 6.45) is -0.190. The Hall–Kier alpha value is -4.58. The minimum atomic E-state index is -0.992. The van der Waals surface area contributed by atoms with E-state index in [0.717, 1.165) is 0 Å². The summed E-state index contributed by atoms with van der Waals surface area (Å²) in [6, 6.07) is 15.6. The van der Waals surface area contributed by atoms with Crippen LogP contribution in [0.1, 0.15) is 22.6 Å². The van der Waals surface area contributed by atoms with Crippen molar-refractivity contribution in [1.82, 2.24) is 0 Å². The van der Waals surface area contributed by atoms with Gasteiger partial charge in [0, 0.05) is 5.69 Å². The van der Waals surface area contributed by atoms with E-state index in [4.69, 9.17) is 20.3 Å². The number of nitrogens with zero attached hydrogens (tertiary/aromatic N) is 2. The molecule has 0 fully saturated rings. The van der Waals surface area contributed by atoms with Gasteiger partial charge in [-0.2, -0.15) is 5.26 Å². The highest BCUT2D eigenvalue weighted by Gasteiger charge is 2.43. The molecule has 1 heterocycles. The topological polar surface area (TPSA) is 143 Å². The van der Waals surface area contributed by atoms with Crippen molar-refractivity contribution in [3.63, 3.8) is 0 Å². The molecule has 1 aliphatic heterocycles. The summed E-state index contributed by atoms with van der Waals surface area (Å²) in [5.74, 6) is -3.69. The molecule has 0 aliphatic carbocycles. The summed E-state index contributed by atoms with van der Waals surface area (Å²) >= 11 is 0. The third-order valence-corrected chi connectivity index (χ3v) is 5.54. The highest BCUT2D eigenvalue weighted by atomic mass is 16.5. The van der Waals surface area contributed by atoms with Crippen LogP contribution in [0.25, 0.3) is 0 Å². The fourth-order valence-corrected chi connectivity index (χ4v) is 3.96. The first kappa shape index (κ1) is 24.1. The Morgan fingerprint density at radius 1 is 1.09 bits per heavy atom. The minimum Gasteiger partial charge on any atom is -0.481 e.